The Morgan fingerprint density at radius 1 is 1.05 bits per heavy atom. The maximum absolute atomic E-state index is 3.61. The highest BCUT2D eigenvalue weighted by molar-refractivity contribution is 5.23. The minimum Gasteiger partial charge on any atom is -0.316 e. The van der Waals surface area contributed by atoms with E-state index < -0.39 is 0 Å². The molecule has 1 atom stereocenters. The molecule has 106 valence electrons. The van der Waals surface area contributed by atoms with Crippen molar-refractivity contribution in [3.8, 4) is 0 Å². The standard InChI is InChI=1S/C18H29N/c1-4-15-8-10-16(11-9-15)14-17(19-3)18(5-2)12-6-7-13-18/h8-11,17,19H,4-7,12-14H2,1-3H3. The third-order valence-electron chi connectivity index (χ3n) is 5.26. The van der Waals surface area contributed by atoms with Gasteiger partial charge in [-0.05, 0) is 55.7 Å². The number of likely N-dealkylation sites (N-methyl/N-ethyl adjacent to an activating group) is 1. The number of benzene rings is 1. The molecule has 0 bridgehead atoms. The average molecular weight is 259 g/mol. The molecule has 0 aromatic heterocycles. The summed E-state index contributed by atoms with van der Waals surface area (Å²) in [6.07, 6.45) is 9.26. The predicted octanol–water partition coefficient (Wildman–Crippen LogP) is 4.35. The lowest BCUT2D eigenvalue weighted by Crippen LogP contribution is -2.43. The van der Waals surface area contributed by atoms with E-state index >= 15 is 0 Å². The van der Waals surface area contributed by atoms with Crippen LogP contribution in [0.4, 0.5) is 0 Å². The highest BCUT2D eigenvalue weighted by atomic mass is 14.9. The quantitative estimate of drug-likeness (QED) is 0.801. The van der Waals surface area contributed by atoms with Crippen molar-refractivity contribution in [3.05, 3.63) is 35.4 Å². The zero-order valence-corrected chi connectivity index (χ0v) is 12.8. The first-order chi connectivity index (χ1) is 9.24. The normalized spacial score (nSPS) is 19.5. The molecule has 1 aromatic carbocycles. The molecule has 1 N–H and O–H groups in total. The summed E-state index contributed by atoms with van der Waals surface area (Å²) >= 11 is 0. The molecule has 2 rings (SSSR count). The molecular weight excluding hydrogens is 230 g/mol. The van der Waals surface area contributed by atoms with Gasteiger partial charge in [0.2, 0.25) is 0 Å². The smallest absolute Gasteiger partial charge is 0.0161 e. The molecular formula is C18H29N. The van der Waals surface area contributed by atoms with Crippen LogP contribution in [0.25, 0.3) is 0 Å². The lowest BCUT2D eigenvalue weighted by Gasteiger charge is -2.37. The van der Waals surface area contributed by atoms with Crippen molar-refractivity contribution in [3.63, 3.8) is 0 Å². The molecule has 1 unspecified atom stereocenters. The summed E-state index contributed by atoms with van der Waals surface area (Å²) in [7, 11) is 2.14. The lowest BCUT2D eigenvalue weighted by molar-refractivity contribution is 0.192. The Labute approximate surface area is 118 Å². The van der Waals surface area contributed by atoms with Crippen LogP contribution in [0, 0.1) is 5.41 Å². The SMILES string of the molecule is CCc1ccc(CC(NC)C2(CC)CCCC2)cc1. The zero-order chi connectivity index (χ0) is 13.7. The summed E-state index contributed by atoms with van der Waals surface area (Å²) in [5.41, 5.74) is 3.46. The van der Waals surface area contributed by atoms with Gasteiger partial charge in [-0.25, -0.2) is 0 Å². The van der Waals surface area contributed by atoms with Gasteiger partial charge in [-0.2, -0.15) is 0 Å². The minimum absolute atomic E-state index is 0.540. The molecule has 1 heteroatoms. The third-order valence-corrected chi connectivity index (χ3v) is 5.26. The van der Waals surface area contributed by atoms with Gasteiger partial charge >= 0.3 is 0 Å². The van der Waals surface area contributed by atoms with Gasteiger partial charge in [0.1, 0.15) is 0 Å². The van der Waals surface area contributed by atoms with Crippen LogP contribution < -0.4 is 5.32 Å². The zero-order valence-electron chi connectivity index (χ0n) is 12.8. The molecule has 1 aliphatic carbocycles. The van der Waals surface area contributed by atoms with Crippen molar-refractivity contribution >= 4 is 0 Å². The van der Waals surface area contributed by atoms with Gasteiger partial charge in [-0.1, -0.05) is 51.0 Å². The van der Waals surface area contributed by atoms with Gasteiger partial charge in [0.05, 0.1) is 0 Å². The Balaban J connectivity index is 2.09. The van der Waals surface area contributed by atoms with Crippen LogP contribution in [0.2, 0.25) is 0 Å². The Kier molecular flexibility index (Phi) is 5.04. The highest BCUT2D eigenvalue weighted by Gasteiger charge is 2.38. The highest BCUT2D eigenvalue weighted by Crippen LogP contribution is 2.44. The monoisotopic (exact) mass is 259 g/mol. The topological polar surface area (TPSA) is 12.0 Å². The van der Waals surface area contributed by atoms with E-state index in [0.717, 1.165) is 6.42 Å². The van der Waals surface area contributed by atoms with Gasteiger partial charge < -0.3 is 5.32 Å². The van der Waals surface area contributed by atoms with Crippen molar-refractivity contribution in [2.24, 2.45) is 5.41 Å². The Morgan fingerprint density at radius 2 is 1.63 bits per heavy atom. The molecule has 0 aliphatic heterocycles. The van der Waals surface area contributed by atoms with E-state index in [9.17, 15) is 0 Å². The minimum atomic E-state index is 0.540. The summed E-state index contributed by atoms with van der Waals surface area (Å²) in [6, 6.07) is 9.85. The summed E-state index contributed by atoms with van der Waals surface area (Å²) in [4.78, 5) is 0. The molecule has 0 saturated heterocycles. The first-order valence-electron chi connectivity index (χ1n) is 7.99. The van der Waals surface area contributed by atoms with E-state index in [2.05, 4.69) is 50.5 Å². The van der Waals surface area contributed by atoms with Crippen LogP contribution in [-0.4, -0.2) is 13.1 Å². The maximum Gasteiger partial charge on any atom is 0.0161 e. The number of hydrogen-bond donors (Lipinski definition) is 1. The van der Waals surface area contributed by atoms with Gasteiger partial charge in [0.15, 0.2) is 0 Å². The van der Waals surface area contributed by atoms with E-state index in [-0.39, 0.29) is 0 Å². The van der Waals surface area contributed by atoms with Gasteiger partial charge in [-0.3, -0.25) is 0 Å². The van der Waals surface area contributed by atoms with Crippen LogP contribution in [-0.2, 0) is 12.8 Å². The molecule has 19 heavy (non-hydrogen) atoms. The first kappa shape index (κ1) is 14.6. The summed E-state index contributed by atoms with van der Waals surface area (Å²) in [6.45, 7) is 4.59. The average Bonchev–Trinajstić information content (AvgIpc) is 2.95. The fraction of sp³-hybridized carbons (Fsp3) is 0.667. The molecule has 0 amide bonds. The van der Waals surface area contributed by atoms with E-state index in [1.54, 1.807) is 0 Å². The second-order valence-corrected chi connectivity index (χ2v) is 6.14. The molecule has 1 aliphatic rings. The predicted molar refractivity (Wildman–Crippen MR) is 83.6 cm³/mol. The van der Waals surface area contributed by atoms with Crippen molar-refractivity contribution < 1.29 is 0 Å². The first-order valence-corrected chi connectivity index (χ1v) is 7.99. The molecule has 0 heterocycles. The van der Waals surface area contributed by atoms with Gasteiger partial charge in [0, 0.05) is 6.04 Å². The summed E-state index contributed by atoms with van der Waals surface area (Å²) < 4.78 is 0. The summed E-state index contributed by atoms with van der Waals surface area (Å²) in [5.74, 6) is 0. The van der Waals surface area contributed by atoms with Gasteiger partial charge in [-0.15, -0.1) is 0 Å². The molecule has 1 saturated carbocycles. The number of nitrogens with one attached hydrogen (secondary N) is 1. The van der Waals surface area contributed by atoms with Crippen LogP contribution >= 0.6 is 0 Å². The molecule has 0 radical (unpaired) electrons. The van der Waals surface area contributed by atoms with E-state index in [0.29, 0.717) is 11.5 Å². The fourth-order valence-electron chi connectivity index (χ4n) is 3.80. The van der Waals surface area contributed by atoms with Crippen LogP contribution in [0.1, 0.15) is 57.1 Å². The van der Waals surface area contributed by atoms with Crippen molar-refractivity contribution in [1.82, 2.24) is 5.32 Å². The fourth-order valence-corrected chi connectivity index (χ4v) is 3.80. The van der Waals surface area contributed by atoms with Crippen LogP contribution in [0.15, 0.2) is 24.3 Å². The van der Waals surface area contributed by atoms with E-state index in [4.69, 9.17) is 0 Å². The van der Waals surface area contributed by atoms with Crippen molar-refractivity contribution in [2.45, 2.75) is 64.8 Å². The Bertz CT molecular complexity index is 373. The number of hydrogen-bond acceptors (Lipinski definition) is 1. The number of rotatable bonds is 6. The largest absolute Gasteiger partial charge is 0.316 e. The van der Waals surface area contributed by atoms with Crippen molar-refractivity contribution in [1.29, 1.82) is 0 Å². The van der Waals surface area contributed by atoms with E-state index in [1.165, 1.54) is 49.7 Å². The van der Waals surface area contributed by atoms with Crippen LogP contribution in [0.3, 0.4) is 0 Å². The summed E-state index contributed by atoms with van der Waals surface area (Å²) in [5, 5.41) is 3.61. The third kappa shape index (κ3) is 3.20. The Morgan fingerprint density at radius 3 is 2.11 bits per heavy atom. The molecule has 1 nitrogen and oxygen atoms in total. The Hall–Kier alpha value is -0.820. The van der Waals surface area contributed by atoms with Crippen LogP contribution in [0.5, 0.6) is 0 Å². The molecule has 1 aromatic rings. The van der Waals surface area contributed by atoms with E-state index in [1.807, 2.05) is 0 Å². The second-order valence-electron chi connectivity index (χ2n) is 6.14. The second kappa shape index (κ2) is 6.56. The maximum atomic E-state index is 3.61. The lowest BCUT2D eigenvalue weighted by atomic mass is 9.74. The number of aryl methyl sites for hydroxylation is 1. The van der Waals surface area contributed by atoms with Crippen molar-refractivity contribution in [2.75, 3.05) is 7.05 Å². The molecule has 1 fully saturated rings. The van der Waals surface area contributed by atoms with Gasteiger partial charge in [0.25, 0.3) is 0 Å². The molecule has 0 spiro atoms.